The summed E-state index contributed by atoms with van der Waals surface area (Å²) in [6.07, 6.45) is 1.78. The molecule has 6 heteroatoms. The number of hydrogen-bond donors (Lipinski definition) is 2. The van der Waals surface area contributed by atoms with Crippen LogP contribution >= 0.6 is 0 Å². The summed E-state index contributed by atoms with van der Waals surface area (Å²) >= 11 is 0. The third-order valence-electron chi connectivity index (χ3n) is 4.69. The predicted octanol–water partition coefficient (Wildman–Crippen LogP) is 3.93. The smallest absolute Gasteiger partial charge is 0.241 e. The van der Waals surface area contributed by atoms with Gasteiger partial charge in [0.1, 0.15) is 11.5 Å². The number of nitrogens with one attached hydrogen (secondary N) is 2. The molecule has 0 aliphatic rings. The normalized spacial score (nSPS) is 13.0. The number of rotatable bonds is 7. The summed E-state index contributed by atoms with van der Waals surface area (Å²) in [5, 5.41) is 7.34. The second kappa shape index (κ2) is 8.71. The van der Waals surface area contributed by atoms with Gasteiger partial charge in [-0.15, -0.1) is 0 Å². The maximum Gasteiger partial charge on any atom is 0.241 e. The number of anilines is 1. The molecule has 0 spiro atoms. The lowest BCUT2D eigenvalue weighted by Gasteiger charge is -2.21. The highest BCUT2D eigenvalue weighted by atomic mass is 16.5. The average Bonchev–Trinajstić information content (AvgIpc) is 2.73. The maximum absolute atomic E-state index is 12.7. The van der Waals surface area contributed by atoms with Crippen LogP contribution < -0.4 is 20.1 Å². The maximum atomic E-state index is 12.7. The molecule has 0 saturated carbocycles. The van der Waals surface area contributed by atoms with Crippen molar-refractivity contribution in [3.8, 4) is 11.5 Å². The van der Waals surface area contributed by atoms with Gasteiger partial charge in [-0.2, -0.15) is 0 Å². The molecule has 1 aromatic heterocycles. The van der Waals surface area contributed by atoms with Gasteiger partial charge in [0.05, 0.1) is 31.5 Å². The topological polar surface area (TPSA) is 72.5 Å². The van der Waals surface area contributed by atoms with Crippen LogP contribution in [0.3, 0.4) is 0 Å². The lowest BCUT2D eigenvalue weighted by atomic mass is 10.0. The standard InChI is InChI=1S/C22H25N3O3/c1-14(18-9-5-7-16-8-6-12-23-21(16)18)24-15(2)22(26)25-19-11-10-17(27-3)13-20(19)28-4/h5-15,24H,1-4H3,(H,25,26). The zero-order chi connectivity index (χ0) is 20.1. The molecular weight excluding hydrogens is 354 g/mol. The number of benzene rings is 2. The Morgan fingerprint density at radius 2 is 1.82 bits per heavy atom. The molecule has 0 fully saturated rings. The minimum Gasteiger partial charge on any atom is -0.497 e. The number of hydrogen-bond acceptors (Lipinski definition) is 5. The van der Waals surface area contributed by atoms with Crippen molar-refractivity contribution >= 4 is 22.5 Å². The quantitative estimate of drug-likeness (QED) is 0.651. The van der Waals surface area contributed by atoms with E-state index in [4.69, 9.17) is 9.47 Å². The molecule has 2 aromatic carbocycles. The predicted molar refractivity (Wildman–Crippen MR) is 111 cm³/mol. The first-order valence-electron chi connectivity index (χ1n) is 9.16. The van der Waals surface area contributed by atoms with E-state index in [1.807, 2.05) is 44.2 Å². The SMILES string of the molecule is COc1ccc(NC(=O)C(C)NC(C)c2cccc3cccnc23)c(OC)c1. The van der Waals surface area contributed by atoms with Gasteiger partial charge in [-0.05, 0) is 37.6 Å². The summed E-state index contributed by atoms with van der Waals surface area (Å²) < 4.78 is 10.5. The first kappa shape index (κ1) is 19.6. The number of pyridine rings is 1. The highest BCUT2D eigenvalue weighted by Crippen LogP contribution is 2.29. The van der Waals surface area contributed by atoms with Crippen molar-refractivity contribution in [3.63, 3.8) is 0 Å². The molecule has 1 heterocycles. The molecule has 2 N–H and O–H groups in total. The number of methoxy groups -OCH3 is 2. The molecule has 0 saturated heterocycles. The van der Waals surface area contributed by atoms with Gasteiger partial charge in [-0.1, -0.05) is 24.3 Å². The van der Waals surface area contributed by atoms with E-state index < -0.39 is 6.04 Å². The van der Waals surface area contributed by atoms with Gasteiger partial charge in [0, 0.05) is 23.7 Å². The number of para-hydroxylation sites is 1. The van der Waals surface area contributed by atoms with E-state index >= 15 is 0 Å². The molecule has 6 nitrogen and oxygen atoms in total. The highest BCUT2D eigenvalue weighted by molar-refractivity contribution is 5.96. The Morgan fingerprint density at radius 3 is 2.57 bits per heavy atom. The van der Waals surface area contributed by atoms with Crippen molar-refractivity contribution in [2.45, 2.75) is 25.9 Å². The zero-order valence-electron chi connectivity index (χ0n) is 16.5. The van der Waals surface area contributed by atoms with Crippen molar-refractivity contribution in [1.82, 2.24) is 10.3 Å². The average molecular weight is 379 g/mol. The summed E-state index contributed by atoms with van der Waals surface area (Å²) in [7, 11) is 3.14. The molecule has 28 heavy (non-hydrogen) atoms. The van der Waals surface area contributed by atoms with E-state index in [0.717, 1.165) is 16.5 Å². The highest BCUT2D eigenvalue weighted by Gasteiger charge is 2.19. The Labute approximate surface area is 164 Å². The molecule has 2 atom stereocenters. The van der Waals surface area contributed by atoms with Gasteiger partial charge in [0.15, 0.2) is 0 Å². The van der Waals surface area contributed by atoms with Crippen LogP contribution in [0.2, 0.25) is 0 Å². The third-order valence-corrected chi connectivity index (χ3v) is 4.69. The van der Waals surface area contributed by atoms with E-state index in [9.17, 15) is 4.79 Å². The molecule has 0 bridgehead atoms. The van der Waals surface area contributed by atoms with Crippen molar-refractivity contribution in [2.75, 3.05) is 19.5 Å². The molecule has 2 unspecified atom stereocenters. The Hall–Kier alpha value is -3.12. The number of nitrogens with zero attached hydrogens (tertiary/aromatic N) is 1. The number of amides is 1. The molecule has 146 valence electrons. The van der Waals surface area contributed by atoms with Crippen LogP contribution in [0, 0.1) is 0 Å². The largest absolute Gasteiger partial charge is 0.497 e. The molecule has 0 radical (unpaired) electrons. The summed E-state index contributed by atoms with van der Waals surface area (Å²) in [6, 6.07) is 14.8. The van der Waals surface area contributed by atoms with Crippen molar-refractivity contribution < 1.29 is 14.3 Å². The van der Waals surface area contributed by atoms with Gasteiger partial charge in [0.25, 0.3) is 0 Å². The van der Waals surface area contributed by atoms with Gasteiger partial charge in [0.2, 0.25) is 5.91 Å². The summed E-state index contributed by atoms with van der Waals surface area (Å²) in [6.45, 7) is 3.86. The van der Waals surface area contributed by atoms with Crippen molar-refractivity contribution in [3.05, 3.63) is 60.3 Å². The summed E-state index contributed by atoms with van der Waals surface area (Å²) in [4.78, 5) is 17.2. The monoisotopic (exact) mass is 379 g/mol. The Kier molecular flexibility index (Phi) is 6.11. The van der Waals surface area contributed by atoms with E-state index in [2.05, 4.69) is 15.6 Å². The first-order chi connectivity index (χ1) is 13.5. The van der Waals surface area contributed by atoms with Crippen LogP contribution in [0.15, 0.2) is 54.7 Å². The molecule has 3 aromatic rings. The molecule has 3 rings (SSSR count). The molecule has 1 amide bonds. The lowest BCUT2D eigenvalue weighted by Crippen LogP contribution is -2.39. The Balaban J connectivity index is 1.72. The van der Waals surface area contributed by atoms with Crippen LogP contribution in [0.25, 0.3) is 10.9 Å². The fraction of sp³-hybridized carbons (Fsp3) is 0.273. The van der Waals surface area contributed by atoms with Crippen LogP contribution in [0.4, 0.5) is 5.69 Å². The van der Waals surface area contributed by atoms with Gasteiger partial charge >= 0.3 is 0 Å². The van der Waals surface area contributed by atoms with E-state index in [-0.39, 0.29) is 11.9 Å². The van der Waals surface area contributed by atoms with Crippen LogP contribution in [0.5, 0.6) is 11.5 Å². The van der Waals surface area contributed by atoms with E-state index in [1.165, 1.54) is 0 Å². The first-order valence-corrected chi connectivity index (χ1v) is 9.16. The fourth-order valence-corrected chi connectivity index (χ4v) is 3.16. The van der Waals surface area contributed by atoms with Crippen molar-refractivity contribution in [2.24, 2.45) is 0 Å². The minimum atomic E-state index is -0.416. The number of aromatic nitrogens is 1. The fourth-order valence-electron chi connectivity index (χ4n) is 3.16. The Morgan fingerprint density at radius 1 is 1.04 bits per heavy atom. The minimum absolute atomic E-state index is 0.0443. The second-order valence-electron chi connectivity index (χ2n) is 6.59. The summed E-state index contributed by atoms with van der Waals surface area (Å²) in [5.41, 5.74) is 2.59. The van der Waals surface area contributed by atoms with E-state index in [0.29, 0.717) is 17.2 Å². The van der Waals surface area contributed by atoms with Gasteiger partial charge in [-0.3, -0.25) is 15.1 Å². The van der Waals surface area contributed by atoms with Crippen molar-refractivity contribution in [1.29, 1.82) is 0 Å². The number of carbonyl (C=O) groups excluding carboxylic acids is 1. The second-order valence-corrected chi connectivity index (χ2v) is 6.59. The van der Waals surface area contributed by atoms with E-state index in [1.54, 1.807) is 38.6 Å². The van der Waals surface area contributed by atoms with Gasteiger partial charge < -0.3 is 14.8 Å². The third kappa shape index (κ3) is 4.23. The number of fused-ring (bicyclic) bond motifs is 1. The molecular formula is C22H25N3O3. The van der Waals surface area contributed by atoms with Gasteiger partial charge in [-0.25, -0.2) is 0 Å². The van der Waals surface area contributed by atoms with Crippen LogP contribution in [-0.2, 0) is 4.79 Å². The molecule has 0 aliphatic heterocycles. The van der Waals surface area contributed by atoms with Crippen LogP contribution in [0.1, 0.15) is 25.5 Å². The summed E-state index contributed by atoms with van der Waals surface area (Å²) in [5.74, 6) is 1.06. The Bertz CT molecular complexity index is 969. The number of carbonyl (C=O) groups is 1. The lowest BCUT2D eigenvalue weighted by molar-refractivity contribution is -0.117. The molecule has 0 aliphatic carbocycles. The number of ether oxygens (including phenoxy) is 2. The zero-order valence-corrected chi connectivity index (χ0v) is 16.5. The van der Waals surface area contributed by atoms with Crippen LogP contribution in [-0.4, -0.2) is 31.2 Å².